The number of nitrogens with zero attached hydrogens (tertiary/aromatic N) is 3. The predicted octanol–water partition coefficient (Wildman–Crippen LogP) is 4.27. The van der Waals surface area contributed by atoms with Crippen LogP contribution < -0.4 is 0 Å². The van der Waals surface area contributed by atoms with Gasteiger partial charge in [0, 0.05) is 0 Å². The van der Waals surface area contributed by atoms with E-state index in [0.717, 1.165) is 39.3 Å². The molecule has 0 N–H and O–H groups in total. The van der Waals surface area contributed by atoms with Crippen LogP contribution in [0.4, 0.5) is 0 Å². The first-order valence-electron chi connectivity index (χ1n) is 9.02. The fraction of sp³-hybridized carbons (Fsp3) is 0.882. The summed E-state index contributed by atoms with van der Waals surface area (Å²) in [6, 6.07) is 0. The molecule has 1 aliphatic heterocycles. The van der Waals surface area contributed by atoms with Crippen molar-refractivity contribution in [3.05, 3.63) is 12.2 Å². The van der Waals surface area contributed by atoms with Gasteiger partial charge in [0.1, 0.15) is 0 Å². The second-order valence-corrected chi connectivity index (χ2v) is 11.1. The Morgan fingerprint density at radius 2 is 1.05 bits per heavy atom. The van der Waals surface area contributed by atoms with Crippen LogP contribution >= 0.6 is 7.06 Å². The molecule has 3 nitrogen and oxygen atoms in total. The van der Waals surface area contributed by atoms with Gasteiger partial charge in [-0.25, -0.2) is 0 Å². The van der Waals surface area contributed by atoms with Crippen LogP contribution in [-0.2, 0) is 0 Å². The summed E-state index contributed by atoms with van der Waals surface area (Å²) >= 11 is 0. The third kappa shape index (κ3) is 2.83. The number of rotatable bonds is 9. The normalized spacial score (nSPS) is 22.6. The summed E-state index contributed by atoms with van der Waals surface area (Å²) in [6.45, 7) is 21.1. The first-order valence-corrected chi connectivity index (χ1v) is 11.5. The number of hydrogen-bond acceptors (Lipinski definition) is 3. The molecule has 0 atom stereocenters. The predicted molar refractivity (Wildman–Crippen MR) is 99.2 cm³/mol. The van der Waals surface area contributed by atoms with Crippen molar-refractivity contribution in [1.82, 2.24) is 14.0 Å². The molecule has 0 aromatic rings. The van der Waals surface area contributed by atoms with Crippen LogP contribution in [0.15, 0.2) is 12.2 Å². The maximum absolute atomic E-state index is 2.86. The van der Waals surface area contributed by atoms with Crippen LogP contribution in [0, 0.1) is 0 Å². The van der Waals surface area contributed by atoms with Gasteiger partial charge >= 0.3 is 133 Å². The molecule has 21 heavy (non-hydrogen) atoms. The van der Waals surface area contributed by atoms with Crippen molar-refractivity contribution in [3.63, 3.8) is 0 Å². The molecule has 0 saturated carbocycles. The Balaban J connectivity index is 3.57. The summed E-state index contributed by atoms with van der Waals surface area (Å²) in [5, 5.41) is 0. The van der Waals surface area contributed by atoms with Crippen molar-refractivity contribution in [2.45, 2.75) is 48.0 Å². The third-order valence-corrected chi connectivity index (χ3v) is 13.3. The molecule has 1 heterocycles. The molecule has 0 saturated heterocycles. The minimum absolute atomic E-state index is 1.16. The van der Waals surface area contributed by atoms with Crippen molar-refractivity contribution in [1.29, 1.82) is 0 Å². The molecule has 126 valence electrons. The molecule has 0 aromatic heterocycles. The molecule has 0 spiro atoms. The van der Waals surface area contributed by atoms with Crippen molar-refractivity contribution in [2.75, 3.05) is 51.6 Å². The van der Waals surface area contributed by atoms with Gasteiger partial charge < -0.3 is 0 Å². The van der Waals surface area contributed by atoms with Gasteiger partial charge in [-0.1, -0.05) is 0 Å². The zero-order chi connectivity index (χ0) is 16.0. The van der Waals surface area contributed by atoms with Crippen molar-refractivity contribution >= 4 is 7.06 Å². The zero-order valence-corrected chi connectivity index (χ0v) is 16.2. The van der Waals surface area contributed by atoms with Gasteiger partial charge in [0.25, 0.3) is 0 Å². The van der Waals surface area contributed by atoms with Crippen LogP contribution in [0.25, 0.3) is 0 Å². The topological polar surface area (TPSA) is 9.72 Å². The van der Waals surface area contributed by atoms with Gasteiger partial charge in [-0.05, 0) is 0 Å². The average Bonchev–Trinajstić information content (AvgIpc) is 2.51. The van der Waals surface area contributed by atoms with Gasteiger partial charge in [-0.3, -0.25) is 0 Å². The van der Waals surface area contributed by atoms with Crippen molar-refractivity contribution < 1.29 is 0 Å². The molecule has 0 fully saturated rings. The molecular weight excluding hydrogens is 277 g/mol. The van der Waals surface area contributed by atoms with E-state index in [2.05, 4.69) is 67.7 Å². The van der Waals surface area contributed by atoms with E-state index in [-0.39, 0.29) is 0 Å². The number of allylic oxidation sites excluding steroid dienone is 2. The molecule has 0 radical (unpaired) electrons. The van der Waals surface area contributed by atoms with E-state index in [9.17, 15) is 0 Å². The summed E-state index contributed by atoms with van der Waals surface area (Å²) in [5.41, 5.74) is 0. The Morgan fingerprint density at radius 1 is 0.667 bits per heavy atom. The van der Waals surface area contributed by atoms with E-state index < -0.39 is 7.06 Å². The second-order valence-electron chi connectivity index (χ2n) is 5.92. The van der Waals surface area contributed by atoms with Crippen LogP contribution in [0.3, 0.4) is 0 Å². The van der Waals surface area contributed by atoms with Crippen LogP contribution in [0.2, 0.25) is 0 Å². The first kappa shape index (κ1) is 19.1. The first-order chi connectivity index (χ1) is 10.1. The monoisotopic (exact) mass is 315 g/mol. The number of hydrogen-bond donors (Lipinski definition) is 0. The van der Waals surface area contributed by atoms with Gasteiger partial charge in [0.2, 0.25) is 0 Å². The SMILES string of the molecule is CCN(CC)P1(N(CC)CC)(N(CC)CC)CC=CCC1. The summed E-state index contributed by atoms with van der Waals surface area (Å²) in [5.74, 6) is 0. The third-order valence-electron chi connectivity index (χ3n) is 5.55. The zero-order valence-electron chi connectivity index (χ0n) is 15.3. The fourth-order valence-corrected chi connectivity index (χ4v) is 12.7. The molecule has 0 bridgehead atoms. The summed E-state index contributed by atoms with van der Waals surface area (Å²) in [6.07, 6.45) is 8.71. The Kier molecular flexibility index (Phi) is 7.33. The van der Waals surface area contributed by atoms with E-state index in [1.807, 2.05) is 0 Å². The van der Waals surface area contributed by atoms with E-state index in [4.69, 9.17) is 0 Å². The Morgan fingerprint density at radius 3 is 1.29 bits per heavy atom. The van der Waals surface area contributed by atoms with Gasteiger partial charge in [-0.15, -0.1) is 0 Å². The molecule has 1 aliphatic rings. The van der Waals surface area contributed by atoms with Gasteiger partial charge in [0.15, 0.2) is 0 Å². The van der Waals surface area contributed by atoms with E-state index in [1.54, 1.807) is 0 Å². The molecule has 0 amide bonds. The Labute approximate surface area is 133 Å². The Bertz CT molecular complexity index is 297. The van der Waals surface area contributed by atoms with Crippen molar-refractivity contribution in [3.8, 4) is 0 Å². The Hall–Kier alpha value is 0.0500. The van der Waals surface area contributed by atoms with Gasteiger partial charge in [0.05, 0.1) is 0 Å². The standard InChI is InChI=1S/C17H38N3P/c1-7-18(8-2)21(19(9-3)10-4,20(11-5)12-6)16-14-13-15-17-21/h13-14H,7-12,15-17H2,1-6H3. The molecule has 1 rings (SSSR count). The maximum atomic E-state index is 2.86. The summed E-state index contributed by atoms with van der Waals surface area (Å²) in [4.78, 5) is 0. The van der Waals surface area contributed by atoms with Crippen LogP contribution in [0.5, 0.6) is 0 Å². The van der Waals surface area contributed by atoms with Crippen LogP contribution in [0.1, 0.15) is 48.0 Å². The molecular formula is C17H38N3P. The van der Waals surface area contributed by atoms with E-state index >= 15 is 0 Å². The summed E-state index contributed by atoms with van der Waals surface area (Å²) < 4.78 is 8.57. The fourth-order valence-electron chi connectivity index (χ4n) is 4.78. The van der Waals surface area contributed by atoms with E-state index in [0.29, 0.717) is 0 Å². The summed E-state index contributed by atoms with van der Waals surface area (Å²) in [7, 11) is -2.21. The van der Waals surface area contributed by atoms with Crippen LogP contribution in [-0.4, -0.2) is 65.6 Å². The average molecular weight is 315 g/mol. The van der Waals surface area contributed by atoms with E-state index in [1.165, 1.54) is 18.7 Å². The van der Waals surface area contributed by atoms with Gasteiger partial charge in [-0.2, -0.15) is 0 Å². The van der Waals surface area contributed by atoms with Crippen molar-refractivity contribution in [2.24, 2.45) is 0 Å². The molecule has 0 aromatic carbocycles. The molecule has 0 aliphatic carbocycles. The minimum atomic E-state index is -2.21. The molecule has 4 heteroatoms. The molecule has 0 unspecified atom stereocenters. The quantitative estimate of drug-likeness (QED) is 0.465. The second kappa shape index (κ2) is 8.06.